The first-order chi connectivity index (χ1) is 7.98. The van der Waals surface area contributed by atoms with Crippen molar-refractivity contribution in [3.8, 4) is 0 Å². The molecule has 0 aliphatic carbocycles. The Kier molecular flexibility index (Phi) is 3.73. The Morgan fingerprint density at radius 1 is 1.41 bits per heavy atom. The zero-order chi connectivity index (χ0) is 12.5. The van der Waals surface area contributed by atoms with Crippen LogP contribution in [0.15, 0.2) is 0 Å². The molecule has 0 saturated carbocycles. The highest BCUT2D eigenvalue weighted by molar-refractivity contribution is 5.79. The van der Waals surface area contributed by atoms with E-state index in [1.54, 1.807) is 0 Å². The molecule has 0 radical (unpaired) electrons. The van der Waals surface area contributed by atoms with Crippen LogP contribution in [0.25, 0.3) is 0 Å². The van der Waals surface area contributed by atoms with Crippen LogP contribution in [0.2, 0.25) is 0 Å². The SMILES string of the molecule is CC1CC(C(=O)N2CCC(C)(O)CC2)CCN1. The van der Waals surface area contributed by atoms with Crippen LogP contribution in [0, 0.1) is 5.92 Å². The van der Waals surface area contributed by atoms with Crippen LogP contribution in [-0.4, -0.2) is 47.2 Å². The monoisotopic (exact) mass is 240 g/mol. The summed E-state index contributed by atoms with van der Waals surface area (Å²) in [7, 11) is 0. The van der Waals surface area contributed by atoms with E-state index < -0.39 is 5.60 Å². The van der Waals surface area contributed by atoms with E-state index in [-0.39, 0.29) is 5.92 Å². The minimum Gasteiger partial charge on any atom is -0.390 e. The highest BCUT2D eigenvalue weighted by Gasteiger charge is 2.33. The molecule has 2 heterocycles. The second kappa shape index (κ2) is 4.94. The Bertz CT molecular complexity index is 281. The van der Waals surface area contributed by atoms with Gasteiger partial charge in [-0.05, 0) is 46.1 Å². The van der Waals surface area contributed by atoms with E-state index in [1.807, 2.05) is 11.8 Å². The molecule has 2 saturated heterocycles. The minimum absolute atomic E-state index is 0.189. The Balaban J connectivity index is 1.88. The third kappa shape index (κ3) is 3.19. The molecule has 0 aromatic carbocycles. The number of carbonyl (C=O) groups is 1. The molecule has 2 aliphatic heterocycles. The van der Waals surface area contributed by atoms with E-state index in [2.05, 4.69) is 12.2 Å². The number of rotatable bonds is 1. The number of nitrogens with zero attached hydrogens (tertiary/aromatic N) is 1. The fraction of sp³-hybridized carbons (Fsp3) is 0.923. The van der Waals surface area contributed by atoms with Gasteiger partial charge in [-0.2, -0.15) is 0 Å². The van der Waals surface area contributed by atoms with E-state index in [0.29, 0.717) is 37.9 Å². The summed E-state index contributed by atoms with van der Waals surface area (Å²) in [5, 5.41) is 13.3. The molecule has 2 unspecified atom stereocenters. The number of hydrogen-bond acceptors (Lipinski definition) is 3. The third-order valence-corrected chi connectivity index (χ3v) is 4.13. The lowest BCUT2D eigenvalue weighted by Gasteiger charge is -2.38. The van der Waals surface area contributed by atoms with Gasteiger partial charge >= 0.3 is 0 Å². The Morgan fingerprint density at radius 2 is 2.06 bits per heavy atom. The molecule has 4 heteroatoms. The molecular weight excluding hydrogens is 216 g/mol. The molecule has 17 heavy (non-hydrogen) atoms. The molecule has 0 spiro atoms. The van der Waals surface area contributed by atoms with Crippen molar-refractivity contribution < 1.29 is 9.90 Å². The van der Waals surface area contributed by atoms with E-state index in [4.69, 9.17) is 0 Å². The van der Waals surface area contributed by atoms with Gasteiger partial charge in [0.1, 0.15) is 0 Å². The lowest BCUT2D eigenvalue weighted by Crippen LogP contribution is -2.49. The number of hydrogen-bond donors (Lipinski definition) is 2. The largest absolute Gasteiger partial charge is 0.390 e. The van der Waals surface area contributed by atoms with Gasteiger partial charge in [-0.3, -0.25) is 4.79 Å². The average Bonchev–Trinajstić information content (AvgIpc) is 2.28. The molecule has 2 fully saturated rings. The van der Waals surface area contributed by atoms with Gasteiger partial charge in [0.05, 0.1) is 5.60 Å². The van der Waals surface area contributed by atoms with Crippen molar-refractivity contribution in [1.82, 2.24) is 10.2 Å². The van der Waals surface area contributed by atoms with Gasteiger partial charge in [0.2, 0.25) is 5.91 Å². The normalized spacial score (nSPS) is 33.5. The van der Waals surface area contributed by atoms with Crippen LogP contribution in [0.3, 0.4) is 0 Å². The Morgan fingerprint density at radius 3 is 2.65 bits per heavy atom. The molecule has 0 aromatic rings. The fourth-order valence-electron chi connectivity index (χ4n) is 2.82. The zero-order valence-electron chi connectivity index (χ0n) is 10.9. The number of aliphatic hydroxyl groups is 1. The maximum atomic E-state index is 12.3. The molecule has 2 N–H and O–H groups in total. The first-order valence-electron chi connectivity index (χ1n) is 6.72. The van der Waals surface area contributed by atoms with Gasteiger partial charge in [0.25, 0.3) is 0 Å². The topological polar surface area (TPSA) is 52.6 Å². The lowest BCUT2D eigenvalue weighted by atomic mass is 9.89. The molecule has 0 aromatic heterocycles. The van der Waals surface area contributed by atoms with Gasteiger partial charge in [-0.15, -0.1) is 0 Å². The van der Waals surface area contributed by atoms with Crippen molar-refractivity contribution in [2.75, 3.05) is 19.6 Å². The number of carbonyl (C=O) groups excluding carboxylic acids is 1. The zero-order valence-corrected chi connectivity index (χ0v) is 10.9. The fourth-order valence-corrected chi connectivity index (χ4v) is 2.82. The first-order valence-corrected chi connectivity index (χ1v) is 6.72. The summed E-state index contributed by atoms with van der Waals surface area (Å²) < 4.78 is 0. The predicted octanol–water partition coefficient (Wildman–Crippen LogP) is 0.748. The van der Waals surface area contributed by atoms with Crippen molar-refractivity contribution in [1.29, 1.82) is 0 Å². The number of nitrogens with one attached hydrogen (secondary N) is 1. The summed E-state index contributed by atoms with van der Waals surface area (Å²) in [5.74, 6) is 0.489. The second-order valence-corrected chi connectivity index (χ2v) is 5.90. The van der Waals surface area contributed by atoms with Crippen molar-refractivity contribution >= 4 is 5.91 Å². The first kappa shape index (κ1) is 12.8. The van der Waals surface area contributed by atoms with E-state index >= 15 is 0 Å². The molecule has 2 aliphatic rings. The highest BCUT2D eigenvalue weighted by Crippen LogP contribution is 2.25. The second-order valence-electron chi connectivity index (χ2n) is 5.90. The number of piperidine rings is 2. The van der Waals surface area contributed by atoms with Crippen LogP contribution in [0.1, 0.15) is 39.5 Å². The quantitative estimate of drug-likeness (QED) is 0.711. The van der Waals surface area contributed by atoms with Gasteiger partial charge in [-0.25, -0.2) is 0 Å². The molecule has 98 valence electrons. The Hall–Kier alpha value is -0.610. The van der Waals surface area contributed by atoms with Crippen LogP contribution >= 0.6 is 0 Å². The van der Waals surface area contributed by atoms with Crippen LogP contribution < -0.4 is 5.32 Å². The summed E-state index contributed by atoms with van der Waals surface area (Å²) in [6.07, 6.45) is 3.32. The van der Waals surface area contributed by atoms with Gasteiger partial charge in [0.15, 0.2) is 0 Å². The Labute approximate surface area is 103 Å². The van der Waals surface area contributed by atoms with Gasteiger partial charge in [0, 0.05) is 25.0 Å². The van der Waals surface area contributed by atoms with Crippen LogP contribution in [0.4, 0.5) is 0 Å². The maximum absolute atomic E-state index is 12.3. The predicted molar refractivity (Wildman–Crippen MR) is 66.6 cm³/mol. The van der Waals surface area contributed by atoms with Crippen molar-refractivity contribution in [3.63, 3.8) is 0 Å². The summed E-state index contributed by atoms with van der Waals surface area (Å²) in [5.41, 5.74) is -0.571. The van der Waals surface area contributed by atoms with Crippen molar-refractivity contribution in [2.24, 2.45) is 5.92 Å². The van der Waals surface area contributed by atoms with Crippen LogP contribution in [0.5, 0.6) is 0 Å². The van der Waals surface area contributed by atoms with E-state index in [1.165, 1.54) is 0 Å². The number of amides is 1. The molecule has 2 atom stereocenters. The average molecular weight is 240 g/mol. The minimum atomic E-state index is -0.571. The van der Waals surface area contributed by atoms with E-state index in [0.717, 1.165) is 19.4 Å². The van der Waals surface area contributed by atoms with E-state index in [9.17, 15) is 9.90 Å². The molecular formula is C13H24N2O2. The van der Waals surface area contributed by atoms with Crippen molar-refractivity contribution in [2.45, 2.75) is 51.2 Å². The molecule has 2 rings (SSSR count). The van der Waals surface area contributed by atoms with Crippen LogP contribution in [-0.2, 0) is 4.79 Å². The van der Waals surface area contributed by atoms with Gasteiger partial charge < -0.3 is 15.3 Å². The van der Waals surface area contributed by atoms with Crippen molar-refractivity contribution in [3.05, 3.63) is 0 Å². The van der Waals surface area contributed by atoms with Gasteiger partial charge in [-0.1, -0.05) is 0 Å². The summed E-state index contributed by atoms with van der Waals surface area (Å²) >= 11 is 0. The highest BCUT2D eigenvalue weighted by atomic mass is 16.3. The summed E-state index contributed by atoms with van der Waals surface area (Å²) in [6, 6.07) is 0.450. The third-order valence-electron chi connectivity index (χ3n) is 4.13. The molecule has 0 bridgehead atoms. The molecule has 4 nitrogen and oxygen atoms in total. The number of likely N-dealkylation sites (tertiary alicyclic amines) is 1. The maximum Gasteiger partial charge on any atom is 0.225 e. The smallest absolute Gasteiger partial charge is 0.225 e. The molecule has 1 amide bonds. The summed E-state index contributed by atoms with van der Waals surface area (Å²) in [4.78, 5) is 14.3. The summed E-state index contributed by atoms with van der Waals surface area (Å²) in [6.45, 7) is 6.37. The lowest BCUT2D eigenvalue weighted by molar-refractivity contribution is -0.140. The standard InChI is InChI=1S/C13H24N2O2/c1-10-9-11(3-6-14-10)12(16)15-7-4-13(2,17)5-8-15/h10-11,14,17H,3-9H2,1-2H3.